The SMILES string of the molecule is CC(C)Cc1noc(C(C)NCc2cc(=O)c3cc(F)ccc3[nH]2)n1. The second kappa shape index (κ2) is 7.14. The fraction of sp³-hybridized carbons (Fsp3) is 0.389. The Balaban J connectivity index is 1.70. The number of aromatic amines is 1. The van der Waals surface area contributed by atoms with Crippen molar-refractivity contribution >= 4 is 10.9 Å². The Morgan fingerprint density at radius 1 is 1.28 bits per heavy atom. The van der Waals surface area contributed by atoms with Crippen LogP contribution in [0.5, 0.6) is 0 Å². The lowest BCUT2D eigenvalue weighted by Gasteiger charge is -2.10. The molecule has 6 nitrogen and oxygen atoms in total. The molecule has 0 bridgehead atoms. The van der Waals surface area contributed by atoms with Crippen LogP contribution in [0.3, 0.4) is 0 Å². The van der Waals surface area contributed by atoms with Crippen LogP contribution in [0.25, 0.3) is 10.9 Å². The lowest BCUT2D eigenvalue weighted by atomic mass is 10.1. The summed E-state index contributed by atoms with van der Waals surface area (Å²) in [5.74, 6) is 1.24. The zero-order valence-electron chi connectivity index (χ0n) is 14.5. The lowest BCUT2D eigenvalue weighted by Crippen LogP contribution is -2.20. The molecule has 2 heterocycles. The molecule has 132 valence electrons. The lowest BCUT2D eigenvalue weighted by molar-refractivity contribution is 0.334. The van der Waals surface area contributed by atoms with Crippen molar-refractivity contribution in [2.24, 2.45) is 5.92 Å². The Bertz CT molecular complexity index is 932. The zero-order valence-corrected chi connectivity index (χ0v) is 14.5. The molecule has 0 saturated carbocycles. The monoisotopic (exact) mass is 344 g/mol. The quantitative estimate of drug-likeness (QED) is 0.718. The molecule has 2 aromatic heterocycles. The van der Waals surface area contributed by atoms with Crippen LogP contribution in [0.4, 0.5) is 4.39 Å². The molecular formula is C18H21FN4O2. The highest BCUT2D eigenvalue weighted by Gasteiger charge is 2.15. The van der Waals surface area contributed by atoms with Crippen molar-refractivity contribution in [3.05, 3.63) is 57.7 Å². The van der Waals surface area contributed by atoms with Crippen molar-refractivity contribution in [2.75, 3.05) is 0 Å². The number of aromatic nitrogens is 3. The smallest absolute Gasteiger partial charge is 0.243 e. The third kappa shape index (κ3) is 4.11. The summed E-state index contributed by atoms with van der Waals surface area (Å²) in [6.45, 7) is 6.53. The third-order valence-corrected chi connectivity index (χ3v) is 3.89. The first-order valence-electron chi connectivity index (χ1n) is 8.29. The number of halogens is 1. The van der Waals surface area contributed by atoms with Crippen molar-refractivity contribution in [3.8, 4) is 0 Å². The molecule has 3 rings (SSSR count). The molecule has 0 spiro atoms. The van der Waals surface area contributed by atoms with Gasteiger partial charge in [0.05, 0.1) is 6.04 Å². The van der Waals surface area contributed by atoms with Crippen molar-refractivity contribution in [3.63, 3.8) is 0 Å². The number of H-pyrrole nitrogens is 1. The van der Waals surface area contributed by atoms with Crippen LogP contribution in [0.15, 0.2) is 33.6 Å². The molecule has 1 atom stereocenters. The Kier molecular flexibility index (Phi) is 4.94. The minimum absolute atomic E-state index is 0.152. The van der Waals surface area contributed by atoms with E-state index in [1.807, 2.05) is 6.92 Å². The number of nitrogens with zero attached hydrogens (tertiary/aromatic N) is 2. The van der Waals surface area contributed by atoms with Gasteiger partial charge in [-0.2, -0.15) is 4.98 Å². The summed E-state index contributed by atoms with van der Waals surface area (Å²) >= 11 is 0. The minimum Gasteiger partial charge on any atom is -0.357 e. The summed E-state index contributed by atoms with van der Waals surface area (Å²) in [5, 5.41) is 7.56. The summed E-state index contributed by atoms with van der Waals surface area (Å²) in [5.41, 5.74) is 1.10. The average Bonchev–Trinajstić information content (AvgIpc) is 3.01. The molecule has 0 amide bonds. The van der Waals surface area contributed by atoms with E-state index in [1.54, 1.807) is 6.07 Å². The molecule has 0 radical (unpaired) electrons. The molecule has 1 unspecified atom stereocenters. The second-order valence-electron chi connectivity index (χ2n) is 6.60. The van der Waals surface area contributed by atoms with Crippen LogP contribution in [-0.2, 0) is 13.0 Å². The van der Waals surface area contributed by atoms with E-state index in [2.05, 4.69) is 34.3 Å². The summed E-state index contributed by atoms with van der Waals surface area (Å²) in [6.07, 6.45) is 0.769. The van der Waals surface area contributed by atoms with Gasteiger partial charge in [-0.25, -0.2) is 4.39 Å². The van der Waals surface area contributed by atoms with E-state index >= 15 is 0 Å². The van der Waals surface area contributed by atoms with Gasteiger partial charge in [-0.15, -0.1) is 0 Å². The van der Waals surface area contributed by atoms with Gasteiger partial charge >= 0.3 is 0 Å². The maximum absolute atomic E-state index is 13.3. The Morgan fingerprint density at radius 2 is 2.08 bits per heavy atom. The first kappa shape index (κ1) is 17.3. The molecule has 2 N–H and O–H groups in total. The van der Waals surface area contributed by atoms with Crippen LogP contribution in [-0.4, -0.2) is 15.1 Å². The van der Waals surface area contributed by atoms with Gasteiger partial charge in [0.25, 0.3) is 0 Å². The van der Waals surface area contributed by atoms with Gasteiger partial charge in [-0.05, 0) is 31.0 Å². The molecule has 0 aliphatic heterocycles. The molecule has 7 heteroatoms. The van der Waals surface area contributed by atoms with Crippen LogP contribution in [0, 0.1) is 11.7 Å². The molecule has 0 aliphatic carbocycles. The molecule has 0 aliphatic rings. The zero-order chi connectivity index (χ0) is 18.0. The van der Waals surface area contributed by atoms with Gasteiger partial charge in [-0.1, -0.05) is 19.0 Å². The molecule has 1 aromatic carbocycles. The Morgan fingerprint density at radius 3 is 2.84 bits per heavy atom. The molecular weight excluding hydrogens is 323 g/mol. The summed E-state index contributed by atoms with van der Waals surface area (Å²) in [7, 11) is 0. The van der Waals surface area contributed by atoms with Gasteiger partial charge in [0, 0.05) is 35.6 Å². The highest BCUT2D eigenvalue weighted by atomic mass is 19.1. The van der Waals surface area contributed by atoms with Gasteiger partial charge in [0.15, 0.2) is 11.3 Å². The van der Waals surface area contributed by atoms with E-state index in [0.29, 0.717) is 40.8 Å². The van der Waals surface area contributed by atoms with E-state index in [1.165, 1.54) is 18.2 Å². The molecule has 25 heavy (non-hydrogen) atoms. The largest absolute Gasteiger partial charge is 0.357 e. The predicted molar refractivity (Wildman–Crippen MR) is 92.6 cm³/mol. The van der Waals surface area contributed by atoms with E-state index in [9.17, 15) is 9.18 Å². The molecule has 0 fully saturated rings. The van der Waals surface area contributed by atoms with Crippen molar-refractivity contribution in [1.29, 1.82) is 0 Å². The topological polar surface area (TPSA) is 83.8 Å². The first-order chi connectivity index (χ1) is 11.9. The maximum atomic E-state index is 13.3. The summed E-state index contributed by atoms with van der Waals surface area (Å²) in [4.78, 5) is 19.6. The predicted octanol–water partition coefficient (Wildman–Crippen LogP) is 3.10. The van der Waals surface area contributed by atoms with E-state index in [0.717, 1.165) is 6.42 Å². The van der Waals surface area contributed by atoms with Crippen molar-refractivity contribution in [2.45, 2.75) is 39.8 Å². The Labute approximate surface area is 144 Å². The number of fused-ring (bicyclic) bond motifs is 1. The van der Waals surface area contributed by atoms with E-state index < -0.39 is 5.82 Å². The van der Waals surface area contributed by atoms with E-state index in [4.69, 9.17) is 4.52 Å². The fourth-order valence-corrected chi connectivity index (χ4v) is 2.61. The van der Waals surface area contributed by atoms with Crippen molar-refractivity contribution in [1.82, 2.24) is 20.4 Å². The molecule has 3 aromatic rings. The first-order valence-corrected chi connectivity index (χ1v) is 8.29. The number of nitrogens with one attached hydrogen (secondary N) is 2. The number of pyridine rings is 1. The standard InChI is InChI=1S/C18H21FN4O2/c1-10(2)6-17-22-18(25-23-17)11(3)20-9-13-8-16(24)14-7-12(19)4-5-15(14)21-13/h4-5,7-8,10-11,20H,6,9H2,1-3H3,(H,21,24). The van der Waals surface area contributed by atoms with Crippen molar-refractivity contribution < 1.29 is 8.91 Å². The summed E-state index contributed by atoms with van der Waals surface area (Å²) in [6, 6.07) is 5.45. The van der Waals surface area contributed by atoms with Gasteiger partial charge in [-0.3, -0.25) is 4.79 Å². The summed E-state index contributed by atoms with van der Waals surface area (Å²) < 4.78 is 18.5. The number of rotatable bonds is 6. The average molecular weight is 344 g/mol. The Hall–Kier alpha value is -2.54. The third-order valence-electron chi connectivity index (χ3n) is 3.89. The van der Waals surface area contributed by atoms with Crippen LogP contribution in [0.1, 0.15) is 44.2 Å². The number of hydrogen-bond acceptors (Lipinski definition) is 5. The highest BCUT2D eigenvalue weighted by Crippen LogP contribution is 2.14. The second-order valence-corrected chi connectivity index (χ2v) is 6.60. The normalized spacial score (nSPS) is 12.8. The van der Waals surface area contributed by atoms with Crippen LogP contribution >= 0.6 is 0 Å². The van der Waals surface area contributed by atoms with Gasteiger partial charge in [0.2, 0.25) is 5.89 Å². The molecule has 0 saturated heterocycles. The van der Waals surface area contributed by atoms with Gasteiger partial charge in [0.1, 0.15) is 5.82 Å². The maximum Gasteiger partial charge on any atom is 0.243 e. The van der Waals surface area contributed by atoms with Crippen LogP contribution < -0.4 is 10.7 Å². The van der Waals surface area contributed by atoms with Gasteiger partial charge < -0.3 is 14.8 Å². The highest BCUT2D eigenvalue weighted by molar-refractivity contribution is 5.78. The number of benzene rings is 1. The fourth-order valence-electron chi connectivity index (χ4n) is 2.61. The number of hydrogen-bond donors (Lipinski definition) is 2. The van der Waals surface area contributed by atoms with Crippen LogP contribution in [0.2, 0.25) is 0 Å². The minimum atomic E-state index is -0.425. The van der Waals surface area contributed by atoms with E-state index in [-0.39, 0.29) is 11.5 Å².